The Morgan fingerprint density at radius 3 is 2.39 bits per heavy atom. The van der Waals surface area contributed by atoms with Crippen LogP contribution in [0.5, 0.6) is 0 Å². The highest BCUT2D eigenvalue weighted by Crippen LogP contribution is 2.38. The number of hydrogen-bond donors (Lipinski definition) is 1. The number of benzene rings is 3. The number of rotatable bonds is 5. The lowest BCUT2D eigenvalue weighted by molar-refractivity contribution is 0.102. The van der Waals surface area contributed by atoms with Gasteiger partial charge >= 0.3 is 0 Å². The number of fused-ring (bicyclic) bond motifs is 3. The maximum absolute atomic E-state index is 12.9. The van der Waals surface area contributed by atoms with Crippen molar-refractivity contribution in [2.45, 2.75) is 17.7 Å². The zero-order chi connectivity index (χ0) is 23.0. The Morgan fingerprint density at radius 2 is 1.64 bits per heavy atom. The second kappa shape index (κ2) is 8.46. The van der Waals surface area contributed by atoms with Gasteiger partial charge in [-0.05, 0) is 54.8 Å². The Kier molecular flexibility index (Phi) is 5.47. The molecule has 0 unspecified atom stereocenters. The first-order valence-electron chi connectivity index (χ1n) is 10.5. The second-order valence-corrected chi connectivity index (χ2v) is 10.8. The predicted octanol–water partition coefficient (Wildman–Crippen LogP) is 4.99. The molecule has 8 heteroatoms. The fourth-order valence-corrected chi connectivity index (χ4v) is 6.05. The van der Waals surface area contributed by atoms with Gasteiger partial charge in [0.15, 0.2) is 5.13 Å². The molecule has 1 heterocycles. The fraction of sp³-hybridized carbons (Fsp3) is 0.120. The molecule has 1 aliphatic rings. The zero-order valence-corrected chi connectivity index (χ0v) is 19.5. The highest BCUT2D eigenvalue weighted by atomic mass is 32.2. The summed E-state index contributed by atoms with van der Waals surface area (Å²) in [5.41, 5.74) is 4.25. The number of sulfonamides is 1. The molecular weight excluding hydrogens is 454 g/mol. The van der Waals surface area contributed by atoms with E-state index >= 15 is 0 Å². The van der Waals surface area contributed by atoms with Crippen molar-refractivity contribution in [3.63, 3.8) is 0 Å². The van der Waals surface area contributed by atoms with Crippen molar-refractivity contribution in [2.24, 2.45) is 0 Å². The molecule has 0 fully saturated rings. The summed E-state index contributed by atoms with van der Waals surface area (Å²) in [7, 11) is -2.22. The first kappa shape index (κ1) is 21.4. The average Bonchev–Trinajstić information content (AvgIpc) is 3.27. The van der Waals surface area contributed by atoms with E-state index in [4.69, 9.17) is 0 Å². The molecule has 166 valence electrons. The van der Waals surface area contributed by atoms with Crippen LogP contribution in [0.25, 0.3) is 11.3 Å². The van der Waals surface area contributed by atoms with Crippen molar-refractivity contribution in [3.8, 4) is 11.3 Å². The van der Waals surface area contributed by atoms with Crippen LogP contribution < -0.4 is 9.62 Å². The zero-order valence-electron chi connectivity index (χ0n) is 17.9. The lowest BCUT2D eigenvalue weighted by Gasteiger charge is -2.19. The summed E-state index contributed by atoms with van der Waals surface area (Å²) in [5.74, 6) is -0.324. The van der Waals surface area contributed by atoms with Crippen molar-refractivity contribution in [3.05, 3.63) is 94.9 Å². The monoisotopic (exact) mass is 475 g/mol. The number of nitrogens with one attached hydrogen (secondary N) is 1. The lowest BCUT2D eigenvalue weighted by atomic mass is 9.94. The van der Waals surface area contributed by atoms with Crippen LogP contribution in [-0.2, 0) is 22.9 Å². The van der Waals surface area contributed by atoms with E-state index in [2.05, 4.69) is 22.4 Å². The van der Waals surface area contributed by atoms with Gasteiger partial charge in [0.1, 0.15) is 0 Å². The van der Waals surface area contributed by atoms with Crippen LogP contribution in [0.4, 0.5) is 10.8 Å². The van der Waals surface area contributed by atoms with Crippen LogP contribution >= 0.6 is 11.3 Å². The number of para-hydroxylation sites is 1. The van der Waals surface area contributed by atoms with Gasteiger partial charge in [0.05, 0.1) is 16.3 Å². The van der Waals surface area contributed by atoms with Crippen LogP contribution in [0.15, 0.2) is 83.8 Å². The van der Waals surface area contributed by atoms with Gasteiger partial charge in [-0.15, -0.1) is 11.3 Å². The van der Waals surface area contributed by atoms with Crippen molar-refractivity contribution in [1.82, 2.24) is 4.98 Å². The van der Waals surface area contributed by atoms with Crippen LogP contribution in [0.3, 0.4) is 0 Å². The fourth-order valence-electron chi connectivity index (χ4n) is 3.88. The molecule has 1 aliphatic carbocycles. The molecule has 33 heavy (non-hydrogen) atoms. The quantitative estimate of drug-likeness (QED) is 0.441. The van der Waals surface area contributed by atoms with Crippen LogP contribution in [-0.4, -0.2) is 26.4 Å². The number of anilines is 2. The summed E-state index contributed by atoms with van der Waals surface area (Å²) in [6.45, 7) is 0. The minimum atomic E-state index is -3.73. The number of aryl methyl sites for hydroxylation is 2. The van der Waals surface area contributed by atoms with Gasteiger partial charge in [-0.1, -0.05) is 42.5 Å². The van der Waals surface area contributed by atoms with Gasteiger partial charge < -0.3 is 0 Å². The SMILES string of the molecule is CN(c1ccccc1)S(=O)(=O)c1ccc(C(=O)Nc2nc3c(s2)CCc2ccccc2-3)cc1. The maximum atomic E-state index is 12.9. The van der Waals surface area contributed by atoms with E-state index in [1.54, 1.807) is 24.3 Å². The molecule has 0 aliphatic heterocycles. The summed E-state index contributed by atoms with van der Waals surface area (Å²) in [6, 6.07) is 23.0. The molecule has 0 spiro atoms. The van der Waals surface area contributed by atoms with E-state index in [0.717, 1.165) is 29.0 Å². The largest absolute Gasteiger partial charge is 0.298 e. The van der Waals surface area contributed by atoms with E-state index in [1.807, 2.05) is 18.2 Å². The van der Waals surface area contributed by atoms with Crippen molar-refractivity contribution in [2.75, 3.05) is 16.7 Å². The van der Waals surface area contributed by atoms with Gasteiger partial charge in [-0.25, -0.2) is 13.4 Å². The van der Waals surface area contributed by atoms with E-state index in [9.17, 15) is 13.2 Å². The number of nitrogens with zero attached hydrogens (tertiary/aromatic N) is 2. The first-order valence-corrected chi connectivity index (χ1v) is 12.7. The van der Waals surface area contributed by atoms with E-state index in [-0.39, 0.29) is 10.8 Å². The third-order valence-corrected chi connectivity index (χ3v) is 8.54. The molecule has 1 N–H and O–H groups in total. The van der Waals surface area contributed by atoms with Gasteiger partial charge in [0.2, 0.25) is 0 Å². The van der Waals surface area contributed by atoms with E-state index in [1.165, 1.54) is 52.5 Å². The molecule has 5 rings (SSSR count). The number of aromatic nitrogens is 1. The normalized spacial score (nSPS) is 12.5. The summed E-state index contributed by atoms with van der Waals surface area (Å²) >= 11 is 1.49. The van der Waals surface area contributed by atoms with Gasteiger partial charge in [-0.3, -0.25) is 14.4 Å². The third kappa shape index (κ3) is 4.03. The smallest absolute Gasteiger partial charge is 0.264 e. The number of carbonyl (C=O) groups excluding carboxylic acids is 1. The molecule has 4 aromatic rings. The molecule has 0 bridgehead atoms. The van der Waals surface area contributed by atoms with Crippen LogP contribution in [0.1, 0.15) is 20.8 Å². The molecular formula is C25H21N3O3S2. The average molecular weight is 476 g/mol. The highest BCUT2D eigenvalue weighted by molar-refractivity contribution is 7.92. The van der Waals surface area contributed by atoms with Crippen molar-refractivity contribution >= 4 is 38.1 Å². The Bertz CT molecular complexity index is 1430. The molecule has 3 aromatic carbocycles. The molecule has 6 nitrogen and oxygen atoms in total. The topological polar surface area (TPSA) is 79.4 Å². The molecule has 0 radical (unpaired) electrons. The van der Waals surface area contributed by atoms with Gasteiger partial charge in [-0.2, -0.15) is 0 Å². The minimum absolute atomic E-state index is 0.117. The molecule has 1 aromatic heterocycles. The Hall–Kier alpha value is -3.49. The minimum Gasteiger partial charge on any atom is -0.298 e. The van der Waals surface area contributed by atoms with E-state index < -0.39 is 10.0 Å². The Morgan fingerprint density at radius 1 is 0.939 bits per heavy atom. The summed E-state index contributed by atoms with van der Waals surface area (Å²) in [5, 5.41) is 3.41. The molecule has 0 saturated heterocycles. The molecule has 0 saturated carbocycles. The van der Waals surface area contributed by atoms with Crippen molar-refractivity contribution in [1.29, 1.82) is 0 Å². The summed E-state index contributed by atoms with van der Waals surface area (Å²) < 4.78 is 27.1. The van der Waals surface area contributed by atoms with Crippen molar-refractivity contribution < 1.29 is 13.2 Å². The number of thiazole rings is 1. The summed E-state index contributed by atoms with van der Waals surface area (Å²) in [6.07, 6.45) is 1.87. The number of carbonyl (C=O) groups is 1. The Balaban J connectivity index is 1.34. The molecule has 0 atom stereocenters. The standard InChI is InChI=1S/C25H21N3O3S2/c1-28(19-8-3-2-4-9-19)33(30,31)20-14-11-18(12-15-20)24(29)27-25-26-23-21-10-6-5-7-17(21)13-16-22(23)32-25/h2-12,14-15H,13,16H2,1H3,(H,26,27,29). The van der Waals surface area contributed by atoms with Gasteiger partial charge in [0.25, 0.3) is 15.9 Å². The lowest BCUT2D eigenvalue weighted by Crippen LogP contribution is -2.26. The van der Waals surface area contributed by atoms with Crippen LogP contribution in [0.2, 0.25) is 0 Å². The van der Waals surface area contributed by atoms with Crippen LogP contribution in [0, 0.1) is 0 Å². The summed E-state index contributed by atoms with van der Waals surface area (Å²) in [4.78, 5) is 18.7. The first-order chi connectivity index (χ1) is 15.9. The van der Waals surface area contributed by atoms with Gasteiger partial charge in [0, 0.05) is 23.1 Å². The highest BCUT2D eigenvalue weighted by Gasteiger charge is 2.23. The maximum Gasteiger partial charge on any atom is 0.264 e. The number of hydrogen-bond acceptors (Lipinski definition) is 5. The van der Waals surface area contributed by atoms with E-state index in [0.29, 0.717) is 16.4 Å². The number of amides is 1. The Labute approximate surface area is 196 Å². The molecule has 1 amide bonds. The third-order valence-electron chi connectivity index (χ3n) is 5.71. The predicted molar refractivity (Wildman–Crippen MR) is 131 cm³/mol. The second-order valence-electron chi connectivity index (χ2n) is 7.73.